The summed E-state index contributed by atoms with van der Waals surface area (Å²) in [7, 11) is 0. The Balaban J connectivity index is 2.52. The van der Waals surface area contributed by atoms with E-state index < -0.39 is 0 Å². The average Bonchev–Trinajstić information content (AvgIpc) is 2.62. The van der Waals surface area contributed by atoms with Gasteiger partial charge in [0.2, 0.25) is 0 Å². The van der Waals surface area contributed by atoms with E-state index in [1.165, 1.54) is 12.1 Å². The molecule has 1 unspecified atom stereocenters. The van der Waals surface area contributed by atoms with Crippen LogP contribution in [-0.2, 0) is 0 Å². The zero-order valence-electron chi connectivity index (χ0n) is 9.26. The Morgan fingerprint density at radius 1 is 1.44 bits per heavy atom. The highest BCUT2D eigenvalue weighted by molar-refractivity contribution is 5.74. The largest absolute Gasteiger partial charge is 0.394 e. The van der Waals surface area contributed by atoms with Crippen LogP contribution in [0.15, 0.2) is 18.2 Å². The summed E-state index contributed by atoms with van der Waals surface area (Å²) in [6.07, 6.45) is 0. The molecule has 1 atom stereocenters. The van der Waals surface area contributed by atoms with Crippen LogP contribution in [0.4, 0.5) is 4.39 Å². The smallest absolute Gasteiger partial charge is 0.125 e. The third-order valence-corrected chi connectivity index (χ3v) is 2.70. The number of hydrogen-bond acceptors (Lipinski definition) is 3. The summed E-state index contributed by atoms with van der Waals surface area (Å²) in [5.74, 6) is -0.0930. The molecule has 0 aliphatic heterocycles. The molecule has 1 heterocycles. The average molecular weight is 223 g/mol. The number of aromatic nitrogens is 3. The molecule has 0 aliphatic rings. The van der Waals surface area contributed by atoms with Crippen molar-refractivity contribution in [2.75, 3.05) is 6.61 Å². The number of halogens is 1. The second-order valence-electron chi connectivity index (χ2n) is 4.16. The van der Waals surface area contributed by atoms with E-state index in [-0.39, 0.29) is 24.4 Å². The van der Waals surface area contributed by atoms with Crippen molar-refractivity contribution in [1.82, 2.24) is 15.0 Å². The van der Waals surface area contributed by atoms with E-state index in [0.29, 0.717) is 5.52 Å². The van der Waals surface area contributed by atoms with Crippen LogP contribution >= 0.6 is 0 Å². The van der Waals surface area contributed by atoms with Crippen molar-refractivity contribution in [1.29, 1.82) is 0 Å². The normalized spacial score (nSPS) is 13.6. The van der Waals surface area contributed by atoms with Crippen molar-refractivity contribution in [2.45, 2.75) is 19.9 Å². The molecule has 16 heavy (non-hydrogen) atoms. The van der Waals surface area contributed by atoms with Crippen molar-refractivity contribution in [2.24, 2.45) is 5.92 Å². The molecule has 0 radical (unpaired) electrons. The Morgan fingerprint density at radius 3 is 2.81 bits per heavy atom. The molecular formula is C11H14FN3O. The third-order valence-electron chi connectivity index (χ3n) is 2.70. The van der Waals surface area contributed by atoms with Crippen LogP contribution < -0.4 is 0 Å². The molecule has 0 aliphatic carbocycles. The molecule has 0 fully saturated rings. The number of hydrogen-bond donors (Lipinski definition) is 1. The van der Waals surface area contributed by atoms with Crippen LogP contribution in [-0.4, -0.2) is 26.7 Å². The first-order valence-electron chi connectivity index (χ1n) is 5.24. The molecule has 0 bridgehead atoms. The summed E-state index contributed by atoms with van der Waals surface area (Å²) in [4.78, 5) is 0. The van der Waals surface area contributed by atoms with E-state index in [0.717, 1.165) is 5.52 Å². The van der Waals surface area contributed by atoms with Gasteiger partial charge in [0.1, 0.15) is 11.3 Å². The van der Waals surface area contributed by atoms with Crippen molar-refractivity contribution >= 4 is 11.0 Å². The van der Waals surface area contributed by atoms with Crippen LogP contribution in [0.3, 0.4) is 0 Å². The van der Waals surface area contributed by atoms with Gasteiger partial charge in [-0.2, -0.15) is 0 Å². The first-order valence-corrected chi connectivity index (χ1v) is 5.24. The summed E-state index contributed by atoms with van der Waals surface area (Å²) in [5, 5.41) is 17.2. The number of aliphatic hydroxyl groups excluding tert-OH is 1. The highest BCUT2D eigenvalue weighted by atomic mass is 19.1. The van der Waals surface area contributed by atoms with E-state index in [1.807, 2.05) is 13.8 Å². The van der Waals surface area contributed by atoms with E-state index >= 15 is 0 Å². The molecule has 0 spiro atoms. The monoisotopic (exact) mass is 223 g/mol. The SMILES string of the molecule is CC(C)C(CO)n1nnc2cc(F)ccc21. The molecule has 0 amide bonds. The van der Waals surface area contributed by atoms with Crippen LogP contribution in [0.5, 0.6) is 0 Å². The maximum atomic E-state index is 13.0. The lowest BCUT2D eigenvalue weighted by Crippen LogP contribution is -2.20. The van der Waals surface area contributed by atoms with Crippen LogP contribution in [0, 0.1) is 11.7 Å². The van der Waals surface area contributed by atoms with Crippen molar-refractivity contribution in [3.05, 3.63) is 24.0 Å². The highest BCUT2D eigenvalue weighted by Crippen LogP contribution is 2.21. The van der Waals surface area contributed by atoms with Crippen molar-refractivity contribution in [3.63, 3.8) is 0 Å². The van der Waals surface area contributed by atoms with Gasteiger partial charge in [0.15, 0.2) is 0 Å². The summed E-state index contributed by atoms with van der Waals surface area (Å²) in [6.45, 7) is 3.99. The Labute approximate surface area is 92.7 Å². The van der Waals surface area contributed by atoms with Gasteiger partial charge in [0.25, 0.3) is 0 Å². The van der Waals surface area contributed by atoms with Gasteiger partial charge < -0.3 is 5.11 Å². The van der Waals surface area contributed by atoms with E-state index in [2.05, 4.69) is 10.3 Å². The summed E-state index contributed by atoms with van der Waals surface area (Å²) < 4.78 is 14.6. The Kier molecular flexibility index (Phi) is 2.87. The number of nitrogens with zero attached hydrogens (tertiary/aromatic N) is 3. The quantitative estimate of drug-likeness (QED) is 0.862. The van der Waals surface area contributed by atoms with Gasteiger partial charge in [-0.05, 0) is 18.1 Å². The van der Waals surface area contributed by atoms with Crippen LogP contribution in [0.25, 0.3) is 11.0 Å². The predicted octanol–water partition coefficient (Wildman–Crippen LogP) is 1.76. The summed E-state index contributed by atoms with van der Waals surface area (Å²) >= 11 is 0. The number of rotatable bonds is 3. The minimum atomic E-state index is -0.329. The predicted molar refractivity (Wildman–Crippen MR) is 58.4 cm³/mol. The molecule has 2 rings (SSSR count). The third kappa shape index (κ3) is 1.78. The Hall–Kier alpha value is -1.49. The minimum Gasteiger partial charge on any atom is -0.394 e. The van der Waals surface area contributed by atoms with Crippen molar-refractivity contribution in [3.8, 4) is 0 Å². The molecule has 1 aromatic heterocycles. The lowest BCUT2D eigenvalue weighted by Gasteiger charge is -2.18. The maximum Gasteiger partial charge on any atom is 0.125 e. The van der Waals surface area contributed by atoms with Gasteiger partial charge in [-0.15, -0.1) is 5.10 Å². The molecule has 1 N–H and O–H groups in total. The van der Waals surface area contributed by atoms with Crippen LogP contribution in [0.2, 0.25) is 0 Å². The van der Waals surface area contributed by atoms with Gasteiger partial charge in [0, 0.05) is 6.07 Å². The van der Waals surface area contributed by atoms with Gasteiger partial charge in [-0.1, -0.05) is 19.1 Å². The Bertz CT molecular complexity index is 495. The van der Waals surface area contributed by atoms with Gasteiger partial charge in [-0.3, -0.25) is 0 Å². The molecule has 1 aromatic carbocycles. The zero-order chi connectivity index (χ0) is 11.7. The lowest BCUT2D eigenvalue weighted by molar-refractivity contribution is 0.184. The highest BCUT2D eigenvalue weighted by Gasteiger charge is 2.18. The first-order chi connectivity index (χ1) is 7.63. The molecule has 4 nitrogen and oxygen atoms in total. The zero-order valence-corrected chi connectivity index (χ0v) is 9.26. The molecule has 0 saturated heterocycles. The van der Waals surface area contributed by atoms with Gasteiger partial charge in [0.05, 0.1) is 18.2 Å². The Morgan fingerprint density at radius 2 is 2.19 bits per heavy atom. The molecule has 0 saturated carbocycles. The van der Waals surface area contributed by atoms with Crippen molar-refractivity contribution < 1.29 is 9.50 Å². The number of benzene rings is 1. The molecule has 5 heteroatoms. The van der Waals surface area contributed by atoms with E-state index in [9.17, 15) is 9.50 Å². The topological polar surface area (TPSA) is 50.9 Å². The van der Waals surface area contributed by atoms with Gasteiger partial charge >= 0.3 is 0 Å². The fourth-order valence-electron chi connectivity index (χ4n) is 1.73. The summed E-state index contributed by atoms with van der Waals surface area (Å²) in [6, 6.07) is 4.22. The maximum absolute atomic E-state index is 13.0. The minimum absolute atomic E-state index is 0.00645. The van der Waals surface area contributed by atoms with Gasteiger partial charge in [-0.25, -0.2) is 9.07 Å². The molecule has 2 aromatic rings. The second-order valence-corrected chi connectivity index (χ2v) is 4.16. The fraction of sp³-hybridized carbons (Fsp3) is 0.455. The van der Waals surface area contributed by atoms with Crippen LogP contribution in [0.1, 0.15) is 19.9 Å². The van der Waals surface area contributed by atoms with E-state index in [1.54, 1.807) is 10.7 Å². The number of fused-ring (bicyclic) bond motifs is 1. The summed E-state index contributed by atoms with van der Waals surface area (Å²) in [5.41, 5.74) is 1.26. The van der Waals surface area contributed by atoms with E-state index in [4.69, 9.17) is 0 Å². The molecule has 86 valence electrons. The standard InChI is InChI=1S/C11H14FN3O/c1-7(2)11(6-16)15-10-4-3-8(12)5-9(10)13-14-15/h3-5,7,11,16H,6H2,1-2H3. The lowest BCUT2D eigenvalue weighted by atomic mass is 10.1. The first kappa shape index (κ1) is 11.0. The number of aliphatic hydroxyl groups is 1. The fourth-order valence-corrected chi connectivity index (χ4v) is 1.73. The second kappa shape index (κ2) is 4.17. The molecular weight excluding hydrogens is 209 g/mol.